The van der Waals surface area contributed by atoms with E-state index in [2.05, 4.69) is 21.4 Å². The molecule has 0 bridgehead atoms. The Labute approximate surface area is 124 Å². The molecule has 1 aromatic carbocycles. The van der Waals surface area contributed by atoms with Crippen molar-refractivity contribution in [3.8, 4) is 11.5 Å². The van der Waals surface area contributed by atoms with Crippen LogP contribution in [0.2, 0.25) is 0 Å². The fraction of sp³-hybridized carbons (Fsp3) is 0.375. The number of hydrogen-bond donors (Lipinski definition) is 1. The van der Waals surface area contributed by atoms with Crippen molar-refractivity contribution < 1.29 is 9.47 Å². The van der Waals surface area contributed by atoms with E-state index < -0.39 is 0 Å². The Balaban J connectivity index is 1.60. The van der Waals surface area contributed by atoms with E-state index in [1.165, 1.54) is 5.56 Å². The molecule has 5 nitrogen and oxygen atoms in total. The monoisotopic (exact) mass is 285 g/mol. The minimum absolute atomic E-state index is 0.619. The third-order valence-corrected chi connectivity index (χ3v) is 3.29. The van der Waals surface area contributed by atoms with Gasteiger partial charge in [0.25, 0.3) is 0 Å². The summed E-state index contributed by atoms with van der Waals surface area (Å²) >= 11 is 0. The van der Waals surface area contributed by atoms with E-state index in [1.54, 1.807) is 0 Å². The van der Waals surface area contributed by atoms with Crippen LogP contribution in [0.4, 0.5) is 5.82 Å². The summed E-state index contributed by atoms with van der Waals surface area (Å²) in [5, 5.41) is 3.33. The Bertz CT molecular complexity index is 623. The van der Waals surface area contributed by atoms with E-state index >= 15 is 0 Å². The summed E-state index contributed by atoms with van der Waals surface area (Å²) in [5.41, 5.74) is 2.19. The minimum Gasteiger partial charge on any atom is -0.486 e. The molecule has 1 aliphatic heterocycles. The molecule has 1 aliphatic rings. The normalized spacial score (nSPS) is 13.0. The molecule has 0 saturated carbocycles. The Morgan fingerprint density at radius 1 is 1.05 bits per heavy atom. The van der Waals surface area contributed by atoms with Crippen LogP contribution in [0.1, 0.15) is 17.1 Å². The number of hydrogen-bond acceptors (Lipinski definition) is 5. The lowest BCUT2D eigenvalue weighted by molar-refractivity contribution is 0.171. The zero-order valence-corrected chi connectivity index (χ0v) is 12.3. The number of rotatable bonds is 4. The van der Waals surface area contributed by atoms with Gasteiger partial charge in [-0.25, -0.2) is 9.97 Å². The number of anilines is 1. The second-order valence-corrected chi connectivity index (χ2v) is 5.10. The highest BCUT2D eigenvalue weighted by Crippen LogP contribution is 2.30. The Morgan fingerprint density at radius 2 is 1.86 bits per heavy atom. The van der Waals surface area contributed by atoms with Crippen LogP contribution in [0.15, 0.2) is 24.3 Å². The second-order valence-electron chi connectivity index (χ2n) is 5.10. The van der Waals surface area contributed by atoms with Gasteiger partial charge in [0.15, 0.2) is 11.5 Å². The predicted molar refractivity (Wildman–Crippen MR) is 81.1 cm³/mol. The molecule has 2 aromatic rings. The van der Waals surface area contributed by atoms with Gasteiger partial charge in [-0.15, -0.1) is 0 Å². The molecular weight excluding hydrogens is 266 g/mol. The van der Waals surface area contributed by atoms with Crippen LogP contribution < -0.4 is 14.8 Å². The van der Waals surface area contributed by atoms with Crippen LogP contribution in [0, 0.1) is 13.8 Å². The van der Waals surface area contributed by atoms with Crippen molar-refractivity contribution >= 4 is 5.82 Å². The Hall–Kier alpha value is -2.30. The highest BCUT2D eigenvalue weighted by molar-refractivity contribution is 5.44. The lowest BCUT2D eigenvalue weighted by Gasteiger charge is -2.19. The lowest BCUT2D eigenvalue weighted by Crippen LogP contribution is -2.15. The summed E-state index contributed by atoms with van der Waals surface area (Å²) in [5.74, 6) is 3.34. The number of benzene rings is 1. The summed E-state index contributed by atoms with van der Waals surface area (Å²) in [6.45, 7) is 5.93. The molecule has 0 radical (unpaired) electrons. The molecule has 21 heavy (non-hydrogen) atoms. The topological polar surface area (TPSA) is 56.3 Å². The van der Waals surface area contributed by atoms with Gasteiger partial charge < -0.3 is 14.8 Å². The summed E-state index contributed by atoms with van der Waals surface area (Å²) in [6, 6.07) is 8.05. The highest BCUT2D eigenvalue weighted by atomic mass is 16.6. The van der Waals surface area contributed by atoms with Crippen LogP contribution in [-0.4, -0.2) is 29.7 Å². The van der Waals surface area contributed by atoms with Crippen LogP contribution in [-0.2, 0) is 6.42 Å². The van der Waals surface area contributed by atoms with Gasteiger partial charge in [0.05, 0.1) is 0 Å². The standard InChI is InChI=1S/C16H19N3O2/c1-11-9-16(19-12(2)18-11)17-6-5-13-3-4-14-15(10-13)21-8-7-20-14/h3-4,9-10H,5-8H2,1-2H3,(H,17,18,19). The highest BCUT2D eigenvalue weighted by Gasteiger charge is 2.11. The maximum atomic E-state index is 5.59. The SMILES string of the molecule is Cc1cc(NCCc2ccc3c(c2)OCCO3)nc(C)n1. The van der Waals surface area contributed by atoms with E-state index in [9.17, 15) is 0 Å². The number of nitrogens with zero attached hydrogens (tertiary/aromatic N) is 2. The fourth-order valence-electron chi connectivity index (χ4n) is 2.39. The first-order valence-corrected chi connectivity index (χ1v) is 7.15. The molecule has 3 rings (SSSR count). The van der Waals surface area contributed by atoms with Crippen LogP contribution in [0.25, 0.3) is 0 Å². The van der Waals surface area contributed by atoms with Crippen LogP contribution >= 0.6 is 0 Å². The number of fused-ring (bicyclic) bond motifs is 1. The van der Waals surface area contributed by atoms with Gasteiger partial charge in [-0.3, -0.25) is 0 Å². The van der Waals surface area contributed by atoms with Gasteiger partial charge in [-0.2, -0.15) is 0 Å². The maximum Gasteiger partial charge on any atom is 0.161 e. The first kappa shape index (κ1) is 13.7. The van der Waals surface area contributed by atoms with Gasteiger partial charge in [0, 0.05) is 18.3 Å². The molecule has 0 aliphatic carbocycles. The molecule has 0 spiro atoms. The molecule has 0 amide bonds. The molecule has 0 atom stereocenters. The molecule has 0 fully saturated rings. The molecule has 0 saturated heterocycles. The zero-order chi connectivity index (χ0) is 14.7. The van der Waals surface area contributed by atoms with E-state index in [-0.39, 0.29) is 0 Å². The quantitative estimate of drug-likeness (QED) is 0.935. The molecule has 0 unspecified atom stereocenters. The number of nitrogens with one attached hydrogen (secondary N) is 1. The fourth-order valence-corrected chi connectivity index (χ4v) is 2.39. The van der Waals surface area contributed by atoms with Crippen molar-refractivity contribution in [1.82, 2.24) is 9.97 Å². The summed E-state index contributed by atoms with van der Waals surface area (Å²) in [6.07, 6.45) is 0.902. The Kier molecular flexibility index (Phi) is 3.90. The van der Waals surface area contributed by atoms with Crippen molar-refractivity contribution in [3.05, 3.63) is 41.3 Å². The van der Waals surface area contributed by atoms with E-state index in [0.29, 0.717) is 13.2 Å². The molecule has 1 aromatic heterocycles. The Morgan fingerprint density at radius 3 is 2.67 bits per heavy atom. The van der Waals surface area contributed by atoms with E-state index in [0.717, 1.165) is 41.8 Å². The summed E-state index contributed by atoms with van der Waals surface area (Å²) in [7, 11) is 0. The third-order valence-electron chi connectivity index (χ3n) is 3.29. The summed E-state index contributed by atoms with van der Waals surface area (Å²) < 4.78 is 11.1. The zero-order valence-electron chi connectivity index (χ0n) is 12.3. The average molecular weight is 285 g/mol. The molecule has 5 heteroatoms. The number of aryl methyl sites for hydroxylation is 2. The minimum atomic E-state index is 0.619. The first-order chi connectivity index (χ1) is 10.2. The average Bonchev–Trinajstić information content (AvgIpc) is 2.46. The third kappa shape index (κ3) is 3.42. The van der Waals surface area contributed by atoms with Crippen LogP contribution in [0.5, 0.6) is 11.5 Å². The maximum absolute atomic E-state index is 5.59. The van der Waals surface area contributed by atoms with Gasteiger partial charge in [-0.05, 0) is 38.0 Å². The van der Waals surface area contributed by atoms with Crippen molar-refractivity contribution in [2.45, 2.75) is 20.3 Å². The van der Waals surface area contributed by atoms with Gasteiger partial charge in [-0.1, -0.05) is 6.07 Å². The van der Waals surface area contributed by atoms with Gasteiger partial charge in [0.2, 0.25) is 0 Å². The van der Waals surface area contributed by atoms with E-state index in [1.807, 2.05) is 32.0 Å². The molecular formula is C16H19N3O2. The molecule has 110 valence electrons. The first-order valence-electron chi connectivity index (χ1n) is 7.15. The van der Waals surface area contributed by atoms with Crippen molar-refractivity contribution in [2.75, 3.05) is 25.1 Å². The van der Waals surface area contributed by atoms with Crippen molar-refractivity contribution in [1.29, 1.82) is 0 Å². The molecule has 2 heterocycles. The largest absolute Gasteiger partial charge is 0.486 e. The smallest absolute Gasteiger partial charge is 0.161 e. The van der Waals surface area contributed by atoms with Crippen molar-refractivity contribution in [3.63, 3.8) is 0 Å². The summed E-state index contributed by atoms with van der Waals surface area (Å²) in [4.78, 5) is 8.64. The second kappa shape index (κ2) is 5.99. The van der Waals surface area contributed by atoms with E-state index in [4.69, 9.17) is 9.47 Å². The van der Waals surface area contributed by atoms with Crippen LogP contribution in [0.3, 0.4) is 0 Å². The van der Waals surface area contributed by atoms with Crippen molar-refractivity contribution in [2.24, 2.45) is 0 Å². The van der Waals surface area contributed by atoms with Gasteiger partial charge >= 0.3 is 0 Å². The lowest BCUT2D eigenvalue weighted by atomic mass is 10.1. The van der Waals surface area contributed by atoms with Gasteiger partial charge in [0.1, 0.15) is 24.9 Å². The number of ether oxygens (including phenoxy) is 2. The predicted octanol–water partition coefficient (Wildman–Crippen LogP) is 2.52. The molecule has 1 N–H and O–H groups in total. The number of aromatic nitrogens is 2.